The van der Waals surface area contributed by atoms with Gasteiger partial charge in [0.1, 0.15) is 5.69 Å². The highest BCUT2D eigenvalue weighted by Crippen LogP contribution is 2.31. The molecule has 0 spiro atoms. The van der Waals surface area contributed by atoms with Crippen molar-refractivity contribution in [2.75, 3.05) is 23.3 Å². The summed E-state index contributed by atoms with van der Waals surface area (Å²) in [6, 6.07) is 2.01. The maximum absolute atomic E-state index is 12.8. The topological polar surface area (TPSA) is 37.3 Å². The lowest BCUT2D eigenvalue weighted by Crippen LogP contribution is -2.50. The number of nitrogens with zero attached hydrogens (tertiary/aromatic N) is 2. The lowest BCUT2D eigenvalue weighted by atomic mass is 10.0. The summed E-state index contributed by atoms with van der Waals surface area (Å²) in [6.45, 7) is 14.3. The van der Waals surface area contributed by atoms with Gasteiger partial charge in [-0.05, 0) is 47.6 Å². The van der Waals surface area contributed by atoms with Crippen molar-refractivity contribution in [1.29, 1.82) is 0 Å². The highest BCUT2D eigenvalue weighted by Gasteiger charge is 2.30. The largest absolute Gasteiger partial charge is 0.381 e. The van der Waals surface area contributed by atoms with Crippen LogP contribution in [0.1, 0.15) is 41.5 Å². The van der Waals surface area contributed by atoms with Crippen molar-refractivity contribution in [3.8, 4) is 0 Å². The minimum Gasteiger partial charge on any atom is -0.381 e. The van der Waals surface area contributed by atoms with Gasteiger partial charge in [0.25, 0.3) is 5.56 Å². The third-order valence-corrected chi connectivity index (χ3v) is 3.52. The molecule has 4 heteroatoms. The Labute approximate surface area is 115 Å². The number of hydrogen-bond donors (Lipinski definition) is 1. The Morgan fingerprint density at radius 1 is 1.11 bits per heavy atom. The molecule has 0 atom stereocenters. The molecule has 1 aromatic heterocycles. The molecule has 0 unspecified atom stereocenters. The molecule has 0 saturated carbocycles. The van der Waals surface area contributed by atoms with Crippen LogP contribution in [0.5, 0.6) is 0 Å². The molecule has 2 rings (SSSR count). The highest BCUT2D eigenvalue weighted by molar-refractivity contribution is 5.71. The van der Waals surface area contributed by atoms with E-state index < -0.39 is 0 Å². The summed E-state index contributed by atoms with van der Waals surface area (Å²) in [5, 5.41) is 3.33. The summed E-state index contributed by atoms with van der Waals surface area (Å²) < 4.78 is 1.82. The quantitative estimate of drug-likeness (QED) is 0.782. The molecule has 19 heavy (non-hydrogen) atoms. The van der Waals surface area contributed by atoms with Gasteiger partial charge in [-0.2, -0.15) is 0 Å². The predicted octanol–water partition coefficient (Wildman–Crippen LogP) is 2.63. The lowest BCUT2D eigenvalue weighted by Gasteiger charge is -2.42. The van der Waals surface area contributed by atoms with Gasteiger partial charge in [-0.25, -0.2) is 0 Å². The van der Waals surface area contributed by atoms with E-state index in [0.29, 0.717) is 0 Å². The third-order valence-electron chi connectivity index (χ3n) is 3.52. The molecular formula is C15H25N3O. The minimum absolute atomic E-state index is 0.0485. The van der Waals surface area contributed by atoms with Gasteiger partial charge < -0.3 is 14.8 Å². The van der Waals surface area contributed by atoms with Crippen LogP contribution in [0.15, 0.2) is 17.1 Å². The van der Waals surface area contributed by atoms with E-state index in [9.17, 15) is 4.79 Å². The van der Waals surface area contributed by atoms with Crippen molar-refractivity contribution in [2.45, 2.75) is 52.6 Å². The van der Waals surface area contributed by atoms with Crippen LogP contribution in [0, 0.1) is 0 Å². The third kappa shape index (κ3) is 2.48. The first-order chi connectivity index (χ1) is 8.62. The number of nitrogens with one attached hydrogen (secondary N) is 1. The number of rotatable bonds is 0. The average Bonchev–Trinajstić information content (AvgIpc) is 2.25. The van der Waals surface area contributed by atoms with Gasteiger partial charge in [0.2, 0.25) is 0 Å². The van der Waals surface area contributed by atoms with Gasteiger partial charge in [-0.3, -0.25) is 4.79 Å². The standard InChI is InChI=1S/C15H25N3O/c1-14(2,3)17-10-8-16-11-7-9-18(15(4,5)6)13(19)12(11)17/h7,9,16H,8,10H2,1-6H3. The summed E-state index contributed by atoms with van der Waals surface area (Å²) in [4.78, 5) is 15.0. The van der Waals surface area contributed by atoms with Gasteiger partial charge in [0, 0.05) is 30.4 Å². The van der Waals surface area contributed by atoms with Crippen molar-refractivity contribution < 1.29 is 0 Å². The van der Waals surface area contributed by atoms with Gasteiger partial charge >= 0.3 is 0 Å². The van der Waals surface area contributed by atoms with Crippen molar-refractivity contribution >= 4 is 11.4 Å². The Balaban J connectivity index is 2.65. The van der Waals surface area contributed by atoms with E-state index in [0.717, 1.165) is 24.5 Å². The summed E-state index contributed by atoms with van der Waals surface area (Å²) >= 11 is 0. The zero-order valence-electron chi connectivity index (χ0n) is 12.9. The van der Waals surface area contributed by atoms with Crippen LogP contribution < -0.4 is 15.8 Å². The number of hydrogen-bond acceptors (Lipinski definition) is 3. The fraction of sp³-hybridized carbons (Fsp3) is 0.667. The van der Waals surface area contributed by atoms with E-state index in [2.05, 4.69) is 51.8 Å². The molecule has 0 amide bonds. The van der Waals surface area contributed by atoms with Crippen molar-refractivity contribution in [3.63, 3.8) is 0 Å². The number of aromatic nitrogens is 1. The predicted molar refractivity (Wildman–Crippen MR) is 81.3 cm³/mol. The second kappa shape index (κ2) is 4.29. The van der Waals surface area contributed by atoms with Gasteiger partial charge in [0.15, 0.2) is 0 Å². The van der Waals surface area contributed by atoms with Crippen LogP contribution in [0.4, 0.5) is 11.4 Å². The molecule has 0 aromatic carbocycles. The van der Waals surface area contributed by atoms with Crippen LogP contribution in [-0.4, -0.2) is 23.2 Å². The zero-order valence-corrected chi connectivity index (χ0v) is 12.9. The molecule has 4 nitrogen and oxygen atoms in total. The molecule has 0 saturated heterocycles. The normalized spacial score (nSPS) is 16.0. The van der Waals surface area contributed by atoms with Crippen LogP contribution in [0.3, 0.4) is 0 Å². The van der Waals surface area contributed by atoms with Gasteiger partial charge in [-0.15, -0.1) is 0 Å². The molecule has 1 aliphatic rings. The zero-order chi connectivity index (χ0) is 14.4. The van der Waals surface area contributed by atoms with Crippen molar-refractivity contribution in [1.82, 2.24) is 4.57 Å². The van der Waals surface area contributed by atoms with E-state index in [1.54, 1.807) is 0 Å². The Kier molecular flexibility index (Phi) is 3.15. The summed E-state index contributed by atoms with van der Waals surface area (Å²) in [5.74, 6) is 0. The molecule has 0 bridgehead atoms. The maximum Gasteiger partial charge on any atom is 0.276 e. The van der Waals surface area contributed by atoms with Crippen molar-refractivity contribution in [2.24, 2.45) is 0 Å². The number of fused-ring (bicyclic) bond motifs is 1. The first kappa shape index (κ1) is 14.0. The SMILES string of the molecule is CC(C)(C)N1CCNc2ccn(C(C)(C)C)c(=O)c21. The van der Waals surface area contributed by atoms with E-state index >= 15 is 0 Å². The molecular weight excluding hydrogens is 238 g/mol. The molecule has 106 valence electrons. The van der Waals surface area contributed by atoms with Gasteiger partial charge in [0.05, 0.1) is 5.69 Å². The van der Waals surface area contributed by atoms with Crippen LogP contribution in [0.25, 0.3) is 0 Å². The molecule has 1 aromatic rings. The first-order valence-corrected chi connectivity index (χ1v) is 6.90. The Morgan fingerprint density at radius 3 is 2.26 bits per heavy atom. The second-order valence-corrected chi connectivity index (χ2v) is 7.17. The number of anilines is 2. The van der Waals surface area contributed by atoms with Crippen LogP contribution >= 0.6 is 0 Å². The Hall–Kier alpha value is -1.45. The monoisotopic (exact) mass is 263 g/mol. The maximum atomic E-state index is 12.8. The summed E-state index contributed by atoms with van der Waals surface area (Å²) in [6.07, 6.45) is 1.89. The molecule has 0 fully saturated rings. The lowest BCUT2D eigenvalue weighted by molar-refractivity contribution is 0.382. The van der Waals surface area contributed by atoms with Crippen LogP contribution in [-0.2, 0) is 5.54 Å². The fourth-order valence-electron chi connectivity index (χ4n) is 2.54. The summed E-state index contributed by atoms with van der Waals surface area (Å²) in [7, 11) is 0. The molecule has 0 aliphatic carbocycles. The van der Waals surface area contributed by atoms with E-state index in [-0.39, 0.29) is 16.6 Å². The minimum atomic E-state index is -0.201. The number of pyridine rings is 1. The highest BCUT2D eigenvalue weighted by atomic mass is 16.1. The van der Waals surface area contributed by atoms with Crippen LogP contribution in [0.2, 0.25) is 0 Å². The molecule has 2 heterocycles. The van der Waals surface area contributed by atoms with Crippen molar-refractivity contribution in [3.05, 3.63) is 22.6 Å². The molecule has 1 N–H and O–H groups in total. The Morgan fingerprint density at radius 2 is 1.74 bits per heavy atom. The molecule has 1 aliphatic heterocycles. The summed E-state index contributed by atoms with van der Waals surface area (Å²) in [5.41, 5.74) is 1.59. The fourth-order valence-corrected chi connectivity index (χ4v) is 2.54. The van der Waals surface area contributed by atoms with E-state index in [1.165, 1.54) is 0 Å². The van der Waals surface area contributed by atoms with E-state index in [4.69, 9.17) is 0 Å². The molecule has 0 radical (unpaired) electrons. The second-order valence-electron chi connectivity index (χ2n) is 7.17. The van der Waals surface area contributed by atoms with E-state index in [1.807, 2.05) is 16.8 Å². The first-order valence-electron chi connectivity index (χ1n) is 6.90. The van der Waals surface area contributed by atoms with Gasteiger partial charge in [-0.1, -0.05) is 0 Å². The Bertz CT molecular complexity index is 532. The smallest absolute Gasteiger partial charge is 0.276 e. The average molecular weight is 263 g/mol.